The molecule has 3 atom stereocenters. The molecule has 0 bridgehead atoms. The number of fused-ring (bicyclic) bond motifs is 1. The average Bonchev–Trinajstić information content (AvgIpc) is 3.01. The summed E-state index contributed by atoms with van der Waals surface area (Å²) in [7, 11) is 1.96. The van der Waals surface area contributed by atoms with E-state index in [1.54, 1.807) is 17.6 Å². The van der Waals surface area contributed by atoms with Gasteiger partial charge >= 0.3 is 0 Å². The number of aromatic nitrogens is 1. The summed E-state index contributed by atoms with van der Waals surface area (Å²) in [5, 5.41) is 1.20. The van der Waals surface area contributed by atoms with E-state index in [1.165, 1.54) is 15.6 Å². The van der Waals surface area contributed by atoms with Crippen LogP contribution in [0.3, 0.4) is 0 Å². The van der Waals surface area contributed by atoms with Crippen molar-refractivity contribution in [3.63, 3.8) is 0 Å². The van der Waals surface area contributed by atoms with E-state index in [1.807, 2.05) is 24.1 Å². The smallest absolute Gasteiger partial charge is 0.226 e. The van der Waals surface area contributed by atoms with E-state index in [0.29, 0.717) is 0 Å². The molecule has 2 aromatic heterocycles. The van der Waals surface area contributed by atoms with Crippen LogP contribution in [0, 0.1) is 5.92 Å². The third-order valence-electron chi connectivity index (χ3n) is 5.10. The van der Waals surface area contributed by atoms with Crippen LogP contribution in [0.4, 0.5) is 0 Å². The Morgan fingerprint density at radius 1 is 1.52 bits per heavy atom. The Labute approximate surface area is 140 Å². The number of hydrogen-bond acceptors (Lipinski definition) is 4. The molecule has 2 heterocycles. The summed E-state index contributed by atoms with van der Waals surface area (Å²) in [6.45, 7) is 2.15. The van der Waals surface area contributed by atoms with Crippen LogP contribution < -0.4 is 0 Å². The summed E-state index contributed by atoms with van der Waals surface area (Å²) in [4.78, 5) is 20.9. The van der Waals surface area contributed by atoms with Gasteiger partial charge < -0.3 is 9.32 Å². The summed E-state index contributed by atoms with van der Waals surface area (Å²) in [5.41, 5.74) is 1.22. The first kappa shape index (κ1) is 14.9. The first-order valence-electron chi connectivity index (χ1n) is 8.47. The van der Waals surface area contributed by atoms with Crippen molar-refractivity contribution >= 4 is 17.2 Å². The lowest BCUT2D eigenvalue weighted by Gasteiger charge is -2.31. The molecule has 1 fully saturated rings. The van der Waals surface area contributed by atoms with E-state index in [9.17, 15) is 4.79 Å². The highest BCUT2D eigenvalue weighted by molar-refractivity contribution is 7.11. The molecule has 0 spiro atoms. The topological polar surface area (TPSA) is 46.3 Å². The Kier molecular flexibility index (Phi) is 3.76. The molecule has 2 aliphatic carbocycles. The van der Waals surface area contributed by atoms with Crippen molar-refractivity contribution < 1.29 is 9.21 Å². The fraction of sp³-hybridized carbons (Fsp3) is 0.556. The molecular weight excluding hydrogens is 308 g/mol. The first-order valence-corrected chi connectivity index (χ1v) is 9.29. The molecule has 23 heavy (non-hydrogen) atoms. The lowest BCUT2D eigenvalue weighted by atomic mass is 9.96. The van der Waals surface area contributed by atoms with Gasteiger partial charge in [-0.05, 0) is 44.2 Å². The number of thiazole rings is 1. The van der Waals surface area contributed by atoms with Gasteiger partial charge in [0.25, 0.3) is 0 Å². The summed E-state index contributed by atoms with van der Waals surface area (Å²) < 4.78 is 5.46. The number of carbonyl (C=O) groups is 1. The molecule has 0 saturated heterocycles. The Balaban J connectivity index is 1.51. The fourth-order valence-corrected chi connectivity index (χ4v) is 4.90. The molecule has 122 valence electrons. The lowest BCUT2D eigenvalue weighted by molar-refractivity contribution is -0.133. The maximum absolute atomic E-state index is 12.9. The largest absolute Gasteiger partial charge is 0.469 e. The predicted molar refractivity (Wildman–Crippen MR) is 89.5 cm³/mol. The van der Waals surface area contributed by atoms with E-state index >= 15 is 0 Å². The second-order valence-electron chi connectivity index (χ2n) is 6.59. The standard InChI is InChI=1S/C18H22N2O2S/c1-3-16-19-13-6-4-7-14(17(13)23-16)20(2)18(21)12-10-11(12)15-8-5-9-22-15/h5,8-9,11-12,14H,3-4,6-7,10H2,1-2H3. The zero-order valence-electron chi connectivity index (χ0n) is 13.6. The minimum absolute atomic E-state index is 0.0927. The molecule has 0 aromatic carbocycles. The normalized spacial score (nSPS) is 25.9. The molecule has 0 radical (unpaired) electrons. The summed E-state index contributed by atoms with van der Waals surface area (Å²) >= 11 is 1.80. The van der Waals surface area contributed by atoms with Crippen molar-refractivity contribution in [3.05, 3.63) is 39.7 Å². The number of amides is 1. The van der Waals surface area contributed by atoms with Crippen molar-refractivity contribution in [2.24, 2.45) is 5.92 Å². The van der Waals surface area contributed by atoms with Crippen LogP contribution in [-0.2, 0) is 17.6 Å². The lowest BCUT2D eigenvalue weighted by Crippen LogP contribution is -2.34. The van der Waals surface area contributed by atoms with Crippen LogP contribution in [0.5, 0.6) is 0 Å². The van der Waals surface area contributed by atoms with Crippen LogP contribution in [0.2, 0.25) is 0 Å². The van der Waals surface area contributed by atoms with Gasteiger partial charge in [0.15, 0.2) is 0 Å². The maximum atomic E-state index is 12.9. The van der Waals surface area contributed by atoms with Crippen LogP contribution in [0.1, 0.15) is 59.5 Å². The van der Waals surface area contributed by atoms with E-state index in [0.717, 1.165) is 37.9 Å². The Morgan fingerprint density at radius 2 is 2.39 bits per heavy atom. The van der Waals surface area contributed by atoms with Gasteiger partial charge in [0.2, 0.25) is 5.91 Å². The second kappa shape index (κ2) is 5.78. The van der Waals surface area contributed by atoms with E-state index in [2.05, 4.69) is 6.92 Å². The number of carbonyl (C=O) groups excluding carboxylic acids is 1. The molecule has 1 amide bonds. The highest BCUT2D eigenvalue weighted by Crippen LogP contribution is 2.50. The van der Waals surface area contributed by atoms with Gasteiger partial charge in [-0.25, -0.2) is 4.98 Å². The number of furan rings is 1. The van der Waals surface area contributed by atoms with Crippen molar-refractivity contribution in [3.8, 4) is 0 Å². The highest BCUT2D eigenvalue weighted by Gasteiger charge is 2.48. The third kappa shape index (κ3) is 2.61. The Bertz CT molecular complexity index is 707. The number of nitrogens with zero attached hydrogens (tertiary/aromatic N) is 2. The molecule has 1 saturated carbocycles. The van der Waals surface area contributed by atoms with Gasteiger partial charge in [-0.3, -0.25) is 4.79 Å². The molecule has 2 aromatic rings. The van der Waals surface area contributed by atoms with E-state index in [-0.39, 0.29) is 23.8 Å². The van der Waals surface area contributed by atoms with Crippen LogP contribution in [-0.4, -0.2) is 22.8 Å². The maximum Gasteiger partial charge on any atom is 0.226 e. The molecular formula is C18H22N2O2S. The van der Waals surface area contributed by atoms with E-state index in [4.69, 9.17) is 9.40 Å². The van der Waals surface area contributed by atoms with E-state index < -0.39 is 0 Å². The molecule has 0 N–H and O–H groups in total. The minimum Gasteiger partial charge on any atom is -0.469 e. The van der Waals surface area contributed by atoms with Gasteiger partial charge in [-0.15, -0.1) is 11.3 Å². The quantitative estimate of drug-likeness (QED) is 0.853. The minimum atomic E-state index is 0.0927. The van der Waals surface area contributed by atoms with Gasteiger partial charge in [0, 0.05) is 18.9 Å². The molecule has 2 aliphatic rings. The van der Waals surface area contributed by atoms with Crippen molar-refractivity contribution in [2.75, 3.05) is 7.05 Å². The number of rotatable bonds is 4. The van der Waals surface area contributed by atoms with Crippen LogP contribution in [0.15, 0.2) is 22.8 Å². The van der Waals surface area contributed by atoms with Crippen molar-refractivity contribution in [1.82, 2.24) is 9.88 Å². The first-order chi connectivity index (χ1) is 11.2. The Morgan fingerprint density at radius 3 is 3.13 bits per heavy atom. The van der Waals surface area contributed by atoms with Gasteiger partial charge in [0.1, 0.15) is 5.76 Å². The van der Waals surface area contributed by atoms with Crippen LogP contribution in [0.25, 0.3) is 0 Å². The fourth-order valence-electron chi connectivity index (χ4n) is 3.67. The summed E-state index contributed by atoms with van der Waals surface area (Å²) in [5.74, 6) is 1.58. The van der Waals surface area contributed by atoms with Crippen LogP contribution >= 0.6 is 11.3 Å². The van der Waals surface area contributed by atoms with Gasteiger partial charge in [-0.2, -0.15) is 0 Å². The molecule has 4 rings (SSSR count). The number of aryl methyl sites for hydroxylation is 2. The highest BCUT2D eigenvalue weighted by atomic mass is 32.1. The van der Waals surface area contributed by atoms with Crippen molar-refractivity contribution in [2.45, 2.75) is 51.0 Å². The van der Waals surface area contributed by atoms with Gasteiger partial charge in [-0.1, -0.05) is 6.92 Å². The molecule has 4 nitrogen and oxygen atoms in total. The molecule has 0 aliphatic heterocycles. The van der Waals surface area contributed by atoms with Crippen molar-refractivity contribution in [1.29, 1.82) is 0 Å². The summed E-state index contributed by atoms with van der Waals surface area (Å²) in [6.07, 6.45) is 6.82. The zero-order valence-corrected chi connectivity index (χ0v) is 14.4. The number of hydrogen-bond donors (Lipinski definition) is 0. The third-order valence-corrected chi connectivity index (χ3v) is 6.44. The molecule has 5 heteroatoms. The predicted octanol–water partition coefficient (Wildman–Crippen LogP) is 3.94. The SMILES string of the molecule is CCc1nc2c(s1)C(N(C)C(=O)C1CC1c1ccco1)CCC2. The molecule has 3 unspecified atom stereocenters. The summed E-state index contributed by atoms with van der Waals surface area (Å²) in [6, 6.07) is 4.09. The van der Waals surface area contributed by atoms with Gasteiger partial charge in [0.05, 0.1) is 27.9 Å². The zero-order chi connectivity index (χ0) is 16.0. The average molecular weight is 330 g/mol. The second-order valence-corrected chi connectivity index (χ2v) is 7.71. The Hall–Kier alpha value is -1.62. The monoisotopic (exact) mass is 330 g/mol.